The fourth-order valence-electron chi connectivity index (χ4n) is 1.54. The van der Waals surface area contributed by atoms with Gasteiger partial charge in [0.2, 0.25) is 0 Å². The normalized spacial score (nSPS) is 12.9. The highest BCUT2D eigenvalue weighted by atomic mass is 16.5. The molecule has 78 valence electrons. The van der Waals surface area contributed by atoms with Crippen LogP contribution in [-0.4, -0.2) is 25.5 Å². The predicted molar refractivity (Wildman–Crippen MR) is 52.0 cm³/mol. The third kappa shape index (κ3) is 1.70. The molecule has 0 saturated heterocycles. The van der Waals surface area contributed by atoms with Crippen LogP contribution in [0.4, 0.5) is 0 Å². The summed E-state index contributed by atoms with van der Waals surface area (Å²) in [7, 11) is 1.19. The summed E-state index contributed by atoms with van der Waals surface area (Å²) in [5.74, 6) is -0.669. The number of ether oxygens (including phenoxy) is 2. The first-order valence-electron chi connectivity index (χ1n) is 4.61. The average molecular weight is 206 g/mol. The minimum atomic E-state index is -0.839. The van der Waals surface area contributed by atoms with E-state index >= 15 is 0 Å². The highest BCUT2D eigenvalue weighted by Gasteiger charge is 2.19. The lowest BCUT2D eigenvalue weighted by Gasteiger charge is -2.01. The summed E-state index contributed by atoms with van der Waals surface area (Å²) in [5, 5.41) is 0. The lowest BCUT2D eigenvalue weighted by molar-refractivity contribution is -0.135. The Labute approximate surface area is 86.8 Å². The van der Waals surface area contributed by atoms with Gasteiger partial charge in [-0.25, -0.2) is 4.79 Å². The van der Waals surface area contributed by atoms with Gasteiger partial charge < -0.3 is 9.47 Å². The smallest absolute Gasteiger partial charge is 0.379 e. The fraction of sp³-hybridized carbons (Fsp3) is 0.273. The van der Waals surface area contributed by atoms with Gasteiger partial charge in [-0.15, -0.1) is 0 Å². The van der Waals surface area contributed by atoms with E-state index in [1.165, 1.54) is 7.11 Å². The van der Waals surface area contributed by atoms with Crippen molar-refractivity contribution in [1.29, 1.82) is 0 Å². The number of ketones is 1. The molecule has 1 heterocycles. The number of rotatable bonds is 2. The van der Waals surface area contributed by atoms with E-state index in [4.69, 9.17) is 4.74 Å². The predicted octanol–water partition coefficient (Wildman–Crippen LogP) is 0.977. The summed E-state index contributed by atoms with van der Waals surface area (Å²) in [4.78, 5) is 22.5. The van der Waals surface area contributed by atoms with Gasteiger partial charge in [-0.2, -0.15) is 0 Å². The minimum Gasteiger partial charge on any atom is -0.493 e. The Balaban J connectivity index is 2.30. The Morgan fingerprint density at radius 2 is 2.20 bits per heavy atom. The number of hydrogen-bond acceptors (Lipinski definition) is 4. The molecular weight excluding hydrogens is 196 g/mol. The van der Waals surface area contributed by atoms with Crippen molar-refractivity contribution in [3.63, 3.8) is 0 Å². The molecule has 0 N–H and O–H groups in total. The summed E-state index contributed by atoms with van der Waals surface area (Å²) < 4.78 is 9.66. The Hall–Kier alpha value is -1.84. The highest BCUT2D eigenvalue weighted by Crippen LogP contribution is 2.25. The standard InChI is InChI=1S/C11H10O4/c1-14-11(13)10(12)8-2-3-9-7(6-8)4-5-15-9/h2-3,6H,4-5H2,1H3. The van der Waals surface area contributed by atoms with Crippen LogP contribution in [0.5, 0.6) is 5.75 Å². The molecule has 2 rings (SSSR count). The summed E-state index contributed by atoms with van der Waals surface area (Å²) in [6.07, 6.45) is 0.775. The number of hydrogen-bond donors (Lipinski definition) is 0. The summed E-state index contributed by atoms with van der Waals surface area (Å²) >= 11 is 0. The maximum Gasteiger partial charge on any atom is 0.379 e. The molecule has 15 heavy (non-hydrogen) atoms. The number of carbonyl (C=O) groups is 2. The summed E-state index contributed by atoms with van der Waals surface area (Å²) in [6, 6.07) is 4.96. The van der Waals surface area contributed by atoms with Crippen molar-refractivity contribution in [3.8, 4) is 5.75 Å². The van der Waals surface area contributed by atoms with Crippen molar-refractivity contribution in [1.82, 2.24) is 0 Å². The number of carbonyl (C=O) groups excluding carboxylic acids is 2. The lowest BCUT2D eigenvalue weighted by atomic mass is 10.1. The van der Waals surface area contributed by atoms with E-state index in [9.17, 15) is 9.59 Å². The number of benzene rings is 1. The van der Waals surface area contributed by atoms with Gasteiger partial charge in [0.1, 0.15) is 5.75 Å². The van der Waals surface area contributed by atoms with Gasteiger partial charge in [-0.05, 0) is 23.8 Å². The quantitative estimate of drug-likeness (QED) is 0.411. The third-order valence-electron chi connectivity index (χ3n) is 2.32. The van der Waals surface area contributed by atoms with E-state index in [1.54, 1.807) is 18.2 Å². The van der Waals surface area contributed by atoms with Gasteiger partial charge in [0.25, 0.3) is 5.78 Å². The van der Waals surface area contributed by atoms with Crippen LogP contribution >= 0.6 is 0 Å². The van der Waals surface area contributed by atoms with Crippen molar-refractivity contribution in [3.05, 3.63) is 29.3 Å². The van der Waals surface area contributed by atoms with Gasteiger partial charge in [0, 0.05) is 12.0 Å². The lowest BCUT2D eigenvalue weighted by Crippen LogP contribution is -2.15. The Bertz CT molecular complexity index is 423. The molecule has 0 aromatic heterocycles. The zero-order valence-electron chi connectivity index (χ0n) is 8.28. The molecule has 4 heteroatoms. The van der Waals surface area contributed by atoms with Crippen LogP contribution < -0.4 is 4.74 Å². The van der Waals surface area contributed by atoms with E-state index in [0.717, 1.165) is 17.7 Å². The van der Waals surface area contributed by atoms with Gasteiger partial charge >= 0.3 is 5.97 Å². The maximum atomic E-state index is 11.5. The zero-order chi connectivity index (χ0) is 10.8. The van der Waals surface area contributed by atoms with Crippen LogP contribution in [0, 0.1) is 0 Å². The largest absolute Gasteiger partial charge is 0.493 e. The zero-order valence-corrected chi connectivity index (χ0v) is 8.28. The van der Waals surface area contributed by atoms with E-state index in [-0.39, 0.29) is 0 Å². The van der Waals surface area contributed by atoms with Gasteiger partial charge in [-0.3, -0.25) is 4.79 Å². The molecular formula is C11H10O4. The monoisotopic (exact) mass is 206 g/mol. The summed E-state index contributed by atoms with van der Waals surface area (Å²) in [6.45, 7) is 0.630. The van der Waals surface area contributed by atoms with E-state index in [1.807, 2.05) is 0 Å². The minimum absolute atomic E-state index is 0.353. The van der Waals surface area contributed by atoms with Crippen molar-refractivity contribution < 1.29 is 19.1 Å². The first-order chi connectivity index (χ1) is 7.22. The molecule has 1 aromatic carbocycles. The highest BCUT2D eigenvalue weighted by molar-refractivity contribution is 6.40. The summed E-state index contributed by atoms with van der Waals surface area (Å²) in [5.41, 5.74) is 1.32. The second-order valence-corrected chi connectivity index (χ2v) is 3.24. The van der Waals surface area contributed by atoms with Crippen molar-refractivity contribution in [2.75, 3.05) is 13.7 Å². The first-order valence-corrected chi connectivity index (χ1v) is 4.61. The third-order valence-corrected chi connectivity index (χ3v) is 2.32. The topological polar surface area (TPSA) is 52.6 Å². The number of fused-ring (bicyclic) bond motifs is 1. The maximum absolute atomic E-state index is 11.5. The molecule has 4 nitrogen and oxygen atoms in total. The molecule has 0 amide bonds. The number of methoxy groups -OCH3 is 1. The molecule has 0 fully saturated rings. The molecule has 0 bridgehead atoms. The molecule has 1 aromatic rings. The van der Waals surface area contributed by atoms with Crippen molar-refractivity contribution in [2.45, 2.75) is 6.42 Å². The van der Waals surface area contributed by atoms with Gasteiger partial charge in [0.15, 0.2) is 0 Å². The fourth-order valence-corrected chi connectivity index (χ4v) is 1.54. The molecule has 1 aliphatic rings. The number of Topliss-reactive ketones (excluding diaryl/α,β-unsaturated/α-hetero) is 1. The molecule has 0 atom stereocenters. The molecule has 0 radical (unpaired) electrons. The first kappa shape index (κ1) is 9.71. The van der Waals surface area contributed by atoms with E-state index in [0.29, 0.717) is 12.2 Å². The van der Waals surface area contributed by atoms with Gasteiger partial charge in [-0.1, -0.05) is 0 Å². The molecule has 1 aliphatic heterocycles. The van der Waals surface area contributed by atoms with Crippen LogP contribution in [0.25, 0.3) is 0 Å². The Kier molecular flexibility index (Phi) is 2.41. The van der Waals surface area contributed by atoms with Gasteiger partial charge in [0.05, 0.1) is 13.7 Å². The molecule has 0 saturated carbocycles. The molecule has 0 unspecified atom stereocenters. The Morgan fingerprint density at radius 3 is 2.93 bits per heavy atom. The van der Waals surface area contributed by atoms with Crippen LogP contribution in [-0.2, 0) is 16.0 Å². The number of esters is 1. The van der Waals surface area contributed by atoms with Crippen LogP contribution in [0.15, 0.2) is 18.2 Å². The van der Waals surface area contributed by atoms with E-state index in [2.05, 4.69) is 4.74 Å². The second kappa shape index (κ2) is 3.73. The van der Waals surface area contributed by atoms with E-state index < -0.39 is 11.8 Å². The molecule has 0 spiro atoms. The average Bonchev–Trinajstić information content (AvgIpc) is 2.73. The van der Waals surface area contributed by atoms with Crippen molar-refractivity contribution >= 4 is 11.8 Å². The van der Waals surface area contributed by atoms with Crippen LogP contribution in [0.2, 0.25) is 0 Å². The molecule has 0 aliphatic carbocycles. The second-order valence-electron chi connectivity index (χ2n) is 3.24. The van der Waals surface area contributed by atoms with Crippen LogP contribution in [0.1, 0.15) is 15.9 Å². The Morgan fingerprint density at radius 1 is 1.40 bits per heavy atom. The SMILES string of the molecule is COC(=O)C(=O)c1ccc2c(c1)CCO2. The van der Waals surface area contributed by atoms with Crippen molar-refractivity contribution in [2.24, 2.45) is 0 Å². The van der Waals surface area contributed by atoms with Crippen LogP contribution in [0.3, 0.4) is 0 Å².